The van der Waals surface area contributed by atoms with Crippen LogP contribution in [0.5, 0.6) is 0 Å². The molecular formula is C18H24N2O5S. The Kier molecular flexibility index (Phi) is 5.34. The van der Waals surface area contributed by atoms with Crippen LogP contribution in [0, 0.1) is 5.92 Å². The number of carboxylic acids is 1. The summed E-state index contributed by atoms with van der Waals surface area (Å²) in [6, 6.07) is 5.83. The summed E-state index contributed by atoms with van der Waals surface area (Å²) in [5, 5.41) is 11.7. The van der Waals surface area contributed by atoms with E-state index >= 15 is 0 Å². The smallest absolute Gasteiger partial charge is 0.306 e. The van der Waals surface area contributed by atoms with Crippen LogP contribution in [0.1, 0.15) is 49.4 Å². The molecule has 1 heterocycles. The van der Waals surface area contributed by atoms with Gasteiger partial charge in [-0.2, -0.15) is 4.31 Å². The molecule has 0 bridgehead atoms. The van der Waals surface area contributed by atoms with Crippen molar-refractivity contribution in [1.82, 2.24) is 9.62 Å². The number of nitrogens with zero attached hydrogens (tertiary/aromatic N) is 1. The Morgan fingerprint density at radius 2 is 1.96 bits per heavy atom. The predicted octanol–water partition coefficient (Wildman–Crippen LogP) is 1.84. The predicted molar refractivity (Wildman–Crippen MR) is 95.3 cm³/mol. The Bertz CT molecular complexity index is 802. The lowest BCUT2D eigenvalue weighted by molar-refractivity contribution is -0.145. The molecule has 1 unspecified atom stereocenters. The minimum Gasteiger partial charge on any atom is -0.481 e. The van der Waals surface area contributed by atoms with Gasteiger partial charge in [-0.1, -0.05) is 12.5 Å². The van der Waals surface area contributed by atoms with E-state index in [-0.39, 0.29) is 28.4 Å². The largest absolute Gasteiger partial charge is 0.481 e. The van der Waals surface area contributed by atoms with Gasteiger partial charge in [0.25, 0.3) is 5.91 Å². The minimum absolute atomic E-state index is 0.0471. The molecule has 0 aromatic heterocycles. The number of hydrogen-bond acceptors (Lipinski definition) is 4. The Morgan fingerprint density at radius 3 is 2.62 bits per heavy atom. The van der Waals surface area contributed by atoms with Crippen LogP contribution in [0.4, 0.5) is 0 Å². The fourth-order valence-corrected chi connectivity index (χ4v) is 5.31. The van der Waals surface area contributed by atoms with Crippen LogP contribution in [0.3, 0.4) is 0 Å². The molecule has 142 valence electrons. The fourth-order valence-electron chi connectivity index (χ4n) is 3.57. The number of carboxylic acid groups (broad SMARTS) is 1. The molecule has 0 spiro atoms. The zero-order valence-electron chi connectivity index (χ0n) is 14.7. The van der Waals surface area contributed by atoms with E-state index in [9.17, 15) is 18.0 Å². The molecule has 1 aliphatic heterocycles. The van der Waals surface area contributed by atoms with Gasteiger partial charge in [-0.05, 0) is 50.8 Å². The maximum Gasteiger partial charge on any atom is 0.306 e. The number of rotatable bonds is 5. The van der Waals surface area contributed by atoms with Crippen LogP contribution < -0.4 is 5.32 Å². The molecule has 3 rings (SSSR count). The van der Waals surface area contributed by atoms with Crippen molar-refractivity contribution in [3.05, 3.63) is 29.8 Å². The third-order valence-electron chi connectivity index (χ3n) is 5.27. The Labute approximate surface area is 153 Å². The van der Waals surface area contributed by atoms with E-state index in [1.165, 1.54) is 16.4 Å². The standard InChI is InChI=1S/C18H24N2O5S/c1-12-5-2-3-8-20(12)26(24,25)16-7-4-6-13(11-16)17(21)19-15-9-14(10-15)18(22)23/h4,6-7,11-12,14-15H,2-3,5,8-10H2,1H3,(H,19,21)(H,22,23). The highest BCUT2D eigenvalue weighted by Gasteiger charge is 2.36. The summed E-state index contributed by atoms with van der Waals surface area (Å²) in [7, 11) is -3.63. The van der Waals surface area contributed by atoms with Crippen LogP contribution >= 0.6 is 0 Å². The van der Waals surface area contributed by atoms with E-state index in [0.29, 0.717) is 19.4 Å². The molecule has 1 saturated carbocycles. The molecule has 7 nitrogen and oxygen atoms in total. The molecule has 1 saturated heterocycles. The van der Waals surface area contributed by atoms with Gasteiger partial charge in [-0.3, -0.25) is 9.59 Å². The lowest BCUT2D eigenvalue weighted by Gasteiger charge is -2.33. The van der Waals surface area contributed by atoms with E-state index in [2.05, 4.69) is 5.32 Å². The summed E-state index contributed by atoms with van der Waals surface area (Å²) in [4.78, 5) is 23.3. The Balaban J connectivity index is 1.71. The average Bonchev–Trinajstić information content (AvgIpc) is 2.57. The molecule has 2 aliphatic rings. The number of hydrogen-bond donors (Lipinski definition) is 2. The number of nitrogens with one attached hydrogen (secondary N) is 1. The second-order valence-corrected chi connectivity index (χ2v) is 9.06. The highest BCUT2D eigenvalue weighted by molar-refractivity contribution is 7.89. The van der Waals surface area contributed by atoms with Crippen molar-refractivity contribution < 1.29 is 23.1 Å². The number of aliphatic carboxylic acids is 1. The number of sulfonamides is 1. The maximum absolute atomic E-state index is 12.9. The highest BCUT2D eigenvalue weighted by Crippen LogP contribution is 2.28. The van der Waals surface area contributed by atoms with Gasteiger partial charge in [0.2, 0.25) is 10.0 Å². The monoisotopic (exact) mass is 380 g/mol. The maximum atomic E-state index is 12.9. The fraction of sp³-hybridized carbons (Fsp3) is 0.556. The zero-order valence-corrected chi connectivity index (χ0v) is 15.5. The lowest BCUT2D eigenvalue weighted by atomic mass is 9.80. The first-order valence-electron chi connectivity index (χ1n) is 8.94. The number of piperidine rings is 1. The quantitative estimate of drug-likeness (QED) is 0.811. The molecular weight excluding hydrogens is 356 g/mol. The molecule has 0 radical (unpaired) electrons. The van der Waals surface area contributed by atoms with Gasteiger partial charge in [-0.15, -0.1) is 0 Å². The van der Waals surface area contributed by atoms with Crippen LogP contribution in [-0.2, 0) is 14.8 Å². The Hall–Kier alpha value is -1.93. The van der Waals surface area contributed by atoms with Gasteiger partial charge in [-0.25, -0.2) is 8.42 Å². The van der Waals surface area contributed by atoms with Crippen molar-refractivity contribution in [3.63, 3.8) is 0 Å². The molecule has 1 atom stereocenters. The van der Waals surface area contributed by atoms with Gasteiger partial charge >= 0.3 is 5.97 Å². The first kappa shape index (κ1) is 18.8. The van der Waals surface area contributed by atoms with Crippen molar-refractivity contribution in [2.45, 2.75) is 56.0 Å². The first-order valence-corrected chi connectivity index (χ1v) is 10.4. The number of carbonyl (C=O) groups is 2. The summed E-state index contributed by atoms with van der Waals surface area (Å²) in [5.74, 6) is -1.63. The minimum atomic E-state index is -3.63. The summed E-state index contributed by atoms with van der Waals surface area (Å²) in [6.07, 6.45) is 3.52. The second kappa shape index (κ2) is 7.36. The first-order chi connectivity index (χ1) is 12.3. The van der Waals surface area contributed by atoms with Gasteiger partial charge in [0.1, 0.15) is 0 Å². The van der Waals surface area contributed by atoms with Gasteiger partial charge < -0.3 is 10.4 Å². The lowest BCUT2D eigenvalue weighted by Crippen LogP contribution is -2.46. The Morgan fingerprint density at radius 1 is 1.23 bits per heavy atom. The van der Waals surface area contributed by atoms with E-state index < -0.39 is 21.9 Å². The molecule has 2 fully saturated rings. The van der Waals surface area contributed by atoms with Crippen molar-refractivity contribution in [1.29, 1.82) is 0 Å². The van der Waals surface area contributed by atoms with Crippen molar-refractivity contribution in [3.8, 4) is 0 Å². The summed E-state index contributed by atoms with van der Waals surface area (Å²) in [5.41, 5.74) is 0.273. The normalized spacial score (nSPS) is 26.7. The number of carbonyl (C=O) groups excluding carboxylic acids is 1. The summed E-state index contributed by atoms with van der Waals surface area (Å²) in [6.45, 7) is 2.40. The topological polar surface area (TPSA) is 104 Å². The van der Waals surface area contributed by atoms with Crippen LogP contribution in [-0.4, -0.2) is 48.3 Å². The van der Waals surface area contributed by atoms with Crippen LogP contribution in [0.15, 0.2) is 29.2 Å². The molecule has 1 aromatic rings. The SMILES string of the molecule is CC1CCCCN1S(=O)(=O)c1cccc(C(=O)NC2CC(C(=O)O)C2)c1. The van der Waals surface area contributed by atoms with E-state index in [4.69, 9.17) is 5.11 Å². The third kappa shape index (κ3) is 3.76. The van der Waals surface area contributed by atoms with E-state index in [0.717, 1.165) is 19.3 Å². The highest BCUT2D eigenvalue weighted by atomic mass is 32.2. The van der Waals surface area contributed by atoms with Crippen molar-refractivity contribution in [2.75, 3.05) is 6.54 Å². The van der Waals surface area contributed by atoms with Crippen LogP contribution in [0.2, 0.25) is 0 Å². The molecule has 1 aliphatic carbocycles. The molecule has 1 aromatic carbocycles. The van der Waals surface area contributed by atoms with Gasteiger partial charge in [0.05, 0.1) is 10.8 Å². The molecule has 8 heteroatoms. The van der Waals surface area contributed by atoms with Gasteiger partial charge in [0, 0.05) is 24.2 Å². The number of benzene rings is 1. The molecule has 26 heavy (non-hydrogen) atoms. The van der Waals surface area contributed by atoms with Crippen molar-refractivity contribution >= 4 is 21.9 Å². The third-order valence-corrected chi connectivity index (χ3v) is 7.28. The summed E-state index contributed by atoms with van der Waals surface area (Å²) < 4.78 is 27.3. The van der Waals surface area contributed by atoms with E-state index in [1.54, 1.807) is 12.1 Å². The second-order valence-electron chi connectivity index (χ2n) is 7.17. The van der Waals surface area contributed by atoms with E-state index in [1.807, 2.05) is 6.92 Å². The zero-order chi connectivity index (χ0) is 18.9. The van der Waals surface area contributed by atoms with Crippen LogP contribution in [0.25, 0.3) is 0 Å². The summed E-state index contributed by atoms with van der Waals surface area (Å²) >= 11 is 0. The molecule has 2 N–H and O–H groups in total. The molecule has 1 amide bonds. The number of amides is 1. The van der Waals surface area contributed by atoms with Gasteiger partial charge in [0.15, 0.2) is 0 Å². The average molecular weight is 380 g/mol. The van der Waals surface area contributed by atoms with Crippen molar-refractivity contribution in [2.24, 2.45) is 5.92 Å².